The first kappa shape index (κ1) is 7.84. The molecule has 0 aromatic heterocycles. The minimum Gasteiger partial charge on any atom is -0.392 e. The van der Waals surface area contributed by atoms with Crippen molar-refractivity contribution in [2.75, 3.05) is 0 Å². The van der Waals surface area contributed by atoms with Crippen molar-refractivity contribution in [3.63, 3.8) is 0 Å². The monoisotopic (exact) mass is 146 g/mol. The van der Waals surface area contributed by atoms with Crippen molar-refractivity contribution in [3.8, 4) is 12.3 Å². The van der Waals surface area contributed by atoms with Gasteiger partial charge in [-0.3, -0.25) is 0 Å². The van der Waals surface area contributed by atoms with Gasteiger partial charge in [0, 0.05) is 5.56 Å². The molecule has 0 saturated heterocycles. The van der Waals surface area contributed by atoms with E-state index in [0.29, 0.717) is 0 Å². The second-order valence-electron chi connectivity index (χ2n) is 2.45. The lowest BCUT2D eigenvalue weighted by Crippen LogP contribution is -1.87. The number of aliphatic hydroxyl groups is 1. The number of hydrogen-bond donors (Lipinski definition) is 1. The van der Waals surface area contributed by atoms with Gasteiger partial charge in [0.05, 0.1) is 6.61 Å². The van der Waals surface area contributed by atoms with E-state index >= 15 is 0 Å². The molecule has 0 amide bonds. The van der Waals surface area contributed by atoms with E-state index in [9.17, 15) is 0 Å². The molecule has 1 N–H and O–H groups in total. The first-order chi connectivity index (χ1) is 5.27. The summed E-state index contributed by atoms with van der Waals surface area (Å²) in [7, 11) is 0. The number of benzene rings is 1. The molecule has 0 heterocycles. The number of rotatable bonds is 1. The molecule has 56 valence electrons. The first-order valence-electron chi connectivity index (χ1n) is 3.45. The van der Waals surface area contributed by atoms with Crippen molar-refractivity contribution >= 4 is 0 Å². The number of terminal acetylenes is 1. The predicted octanol–water partition coefficient (Wildman–Crippen LogP) is 1.47. The topological polar surface area (TPSA) is 20.2 Å². The maximum Gasteiger partial charge on any atom is 0.0682 e. The Morgan fingerprint density at radius 3 is 2.82 bits per heavy atom. The summed E-state index contributed by atoms with van der Waals surface area (Å²) in [4.78, 5) is 0. The second kappa shape index (κ2) is 3.23. The van der Waals surface area contributed by atoms with Crippen molar-refractivity contribution in [2.45, 2.75) is 13.5 Å². The quantitative estimate of drug-likeness (QED) is 0.595. The van der Waals surface area contributed by atoms with E-state index in [2.05, 4.69) is 5.92 Å². The number of hydrogen-bond acceptors (Lipinski definition) is 1. The van der Waals surface area contributed by atoms with E-state index in [0.717, 1.165) is 16.7 Å². The van der Waals surface area contributed by atoms with E-state index in [1.807, 2.05) is 25.1 Å². The maximum atomic E-state index is 8.78. The highest BCUT2D eigenvalue weighted by atomic mass is 16.3. The molecule has 0 bridgehead atoms. The molecule has 0 aliphatic rings. The summed E-state index contributed by atoms with van der Waals surface area (Å²) in [5.74, 6) is 2.56. The lowest BCUT2D eigenvalue weighted by Gasteiger charge is -2.00. The molecule has 0 aliphatic heterocycles. The fraction of sp³-hybridized carbons (Fsp3) is 0.200. The molecule has 0 radical (unpaired) electrons. The molecule has 11 heavy (non-hydrogen) atoms. The van der Waals surface area contributed by atoms with Crippen molar-refractivity contribution in [1.29, 1.82) is 0 Å². The zero-order valence-corrected chi connectivity index (χ0v) is 6.46. The molecule has 1 aromatic rings. The van der Waals surface area contributed by atoms with Crippen molar-refractivity contribution in [3.05, 3.63) is 34.9 Å². The highest BCUT2D eigenvalue weighted by molar-refractivity contribution is 5.41. The molecule has 0 spiro atoms. The van der Waals surface area contributed by atoms with Gasteiger partial charge in [-0.1, -0.05) is 18.1 Å². The van der Waals surface area contributed by atoms with Gasteiger partial charge in [0.1, 0.15) is 0 Å². The molecule has 1 heteroatoms. The minimum absolute atomic E-state index is 0.0506. The Morgan fingerprint density at radius 1 is 1.55 bits per heavy atom. The fourth-order valence-electron chi connectivity index (χ4n) is 0.923. The third-order valence-corrected chi connectivity index (χ3v) is 1.64. The van der Waals surface area contributed by atoms with E-state index in [1.165, 1.54) is 0 Å². The maximum absolute atomic E-state index is 8.78. The third-order valence-electron chi connectivity index (χ3n) is 1.64. The van der Waals surface area contributed by atoms with Crippen LogP contribution in [0.25, 0.3) is 0 Å². The van der Waals surface area contributed by atoms with Gasteiger partial charge in [0.15, 0.2) is 0 Å². The van der Waals surface area contributed by atoms with Gasteiger partial charge in [-0.2, -0.15) is 0 Å². The van der Waals surface area contributed by atoms with Crippen LogP contribution in [-0.4, -0.2) is 5.11 Å². The predicted molar refractivity (Wildman–Crippen MR) is 45.0 cm³/mol. The SMILES string of the molecule is C#Cc1cc(CO)ccc1C. The van der Waals surface area contributed by atoms with Crippen LogP contribution in [0.2, 0.25) is 0 Å². The average Bonchev–Trinajstić information content (AvgIpc) is 2.05. The van der Waals surface area contributed by atoms with Crippen LogP contribution in [-0.2, 0) is 6.61 Å². The first-order valence-corrected chi connectivity index (χ1v) is 3.45. The van der Waals surface area contributed by atoms with Crippen molar-refractivity contribution in [1.82, 2.24) is 0 Å². The normalized spacial score (nSPS) is 9.18. The van der Waals surface area contributed by atoms with Crippen LogP contribution in [0.15, 0.2) is 18.2 Å². The van der Waals surface area contributed by atoms with E-state index in [-0.39, 0.29) is 6.61 Å². The van der Waals surface area contributed by atoms with Crippen molar-refractivity contribution < 1.29 is 5.11 Å². The summed E-state index contributed by atoms with van der Waals surface area (Å²) in [5, 5.41) is 8.78. The van der Waals surface area contributed by atoms with Crippen LogP contribution in [0, 0.1) is 19.3 Å². The summed E-state index contributed by atoms with van der Waals surface area (Å²) in [5.41, 5.74) is 2.80. The van der Waals surface area contributed by atoms with Gasteiger partial charge in [-0.25, -0.2) is 0 Å². The Kier molecular flexibility index (Phi) is 2.30. The molecule has 1 rings (SSSR count). The molecule has 0 aliphatic carbocycles. The standard InChI is InChI=1S/C10H10O/c1-3-10-6-9(7-11)5-4-8(10)2/h1,4-6,11H,7H2,2H3. The van der Waals surface area contributed by atoms with Gasteiger partial charge in [0.2, 0.25) is 0 Å². The molecule has 1 aromatic carbocycles. The Balaban J connectivity index is 3.15. The summed E-state index contributed by atoms with van der Waals surface area (Å²) >= 11 is 0. The zero-order chi connectivity index (χ0) is 8.27. The molecule has 0 unspecified atom stereocenters. The molecular formula is C10H10O. The summed E-state index contributed by atoms with van der Waals surface area (Å²) in [6, 6.07) is 5.62. The Labute approximate surface area is 66.7 Å². The van der Waals surface area contributed by atoms with Gasteiger partial charge in [-0.15, -0.1) is 6.42 Å². The molecule has 1 nitrogen and oxygen atoms in total. The summed E-state index contributed by atoms with van der Waals surface area (Å²) in [6.07, 6.45) is 5.24. The molecule has 0 fully saturated rings. The third kappa shape index (κ3) is 1.60. The highest BCUT2D eigenvalue weighted by Crippen LogP contribution is 2.09. The zero-order valence-electron chi connectivity index (χ0n) is 6.46. The van der Waals surface area contributed by atoms with Crippen LogP contribution in [0.5, 0.6) is 0 Å². The van der Waals surface area contributed by atoms with Crippen LogP contribution in [0.1, 0.15) is 16.7 Å². The molecule has 0 atom stereocenters. The smallest absolute Gasteiger partial charge is 0.0682 e. The van der Waals surface area contributed by atoms with Gasteiger partial charge in [-0.05, 0) is 24.1 Å². The number of aryl methyl sites for hydroxylation is 1. The Bertz CT molecular complexity index is 294. The number of aliphatic hydroxyl groups excluding tert-OH is 1. The molecule has 0 saturated carbocycles. The summed E-state index contributed by atoms with van der Waals surface area (Å²) < 4.78 is 0. The minimum atomic E-state index is 0.0506. The van der Waals surface area contributed by atoms with Crippen LogP contribution in [0.3, 0.4) is 0 Å². The van der Waals surface area contributed by atoms with Gasteiger partial charge < -0.3 is 5.11 Å². The Morgan fingerprint density at radius 2 is 2.27 bits per heavy atom. The Hall–Kier alpha value is -1.26. The van der Waals surface area contributed by atoms with Crippen LogP contribution < -0.4 is 0 Å². The van der Waals surface area contributed by atoms with Crippen LogP contribution >= 0.6 is 0 Å². The van der Waals surface area contributed by atoms with Crippen LogP contribution in [0.4, 0.5) is 0 Å². The largest absolute Gasteiger partial charge is 0.392 e. The van der Waals surface area contributed by atoms with E-state index in [4.69, 9.17) is 11.5 Å². The van der Waals surface area contributed by atoms with E-state index < -0.39 is 0 Å². The molecular weight excluding hydrogens is 136 g/mol. The lowest BCUT2D eigenvalue weighted by molar-refractivity contribution is 0.282. The van der Waals surface area contributed by atoms with Crippen molar-refractivity contribution in [2.24, 2.45) is 0 Å². The summed E-state index contributed by atoms with van der Waals surface area (Å²) in [6.45, 7) is 2.01. The lowest BCUT2D eigenvalue weighted by atomic mass is 10.1. The second-order valence-corrected chi connectivity index (χ2v) is 2.45. The van der Waals surface area contributed by atoms with E-state index in [1.54, 1.807) is 0 Å². The highest BCUT2D eigenvalue weighted by Gasteiger charge is 1.95. The van der Waals surface area contributed by atoms with Gasteiger partial charge in [0.25, 0.3) is 0 Å². The van der Waals surface area contributed by atoms with Gasteiger partial charge >= 0.3 is 0 Å². The fourth-order valence-corrected chi connectivity index (χ4v) is 0.923. The average molecular weight is 146 g/mol.